The summed E-state index contributed by atoms with van der Waals surface area (Å²) in [5.74, 6) is 0. The van der Waals surface area contributed by atoms with Crippen LogP contribution in [-0.2, 0) is 0 Å². The van der Waals surface area contributed by atoms with Crippen LogP contribution in [0, 0.1) is 5.41 Å². The first-order valence-corrected chi connectivity index (χ1v) is 3.80. The van der Waals surface area contributed by atoms with Gasteiger partial charge in [-0.15, -0.1) is 0 Å². The molecule has 1 heterocycles. The molecule has 1 rings (SSSR count). The first-order valence-electron chi connectivity index (χ1n) is 3.80. The normalized spacial score (nSPS) is 17.7. The lowest BCUT2D eigenvalue weighted by Gasteiger charge is -2.16. The average molecular weight is 150 g/mol. The van der Waals surface area contributed by atoms with E-state index >= 15 is 0 Å². The molecular weight excluding hydrogens is 136 g/mol. The van der Waals surface area contributed by atoms with Gasteiger partial charge in [0.25, 0.3) is 0 Å². The second-order valence-electron chi connectivity index (χ2n) is 3.77. The first-order chi connectivity index (χ1) is 5.04. The highest BCUT2D eigenvalue weighted by molar-refractivity contribution is 6.13. The Labute approximate surface area is 67.7 Å². The first kappa shape index (κ1) is 8.18. The topological polar surface area (TPSA) is 24.7 Å². The minimum atomic E-state index is 0.147. The molecule has 2 heteroatoms. The molecule has 0 aromatic heterocycles. The van der Waals surface area contributed by atoms with E-state index in [1.54, 1.807) is 6.08 Å². The van der Waals surface area contributed by atoms with Crippen LogP contribution in [0.4, 0.5) is 0 Å². The summed E-state index contributed by atoms with van der Waals surface area (Å²) >= 11 is 0. The van der Waals surface area contributed by atoms with E-state index in [0.29, 0.717) is 0 Å². The highest BCUT2D eigenvalue weighted by Crippen LogP contribution is 2.22. The summed E-state index contributed by atoms with van der Waals surface area (Å²) in [6.45, 7) is 10.1. The van der Waals surface area contributed by atoms with E-state index in [0.717, 1.165) is 17.8 Å². The molecule has 0 aromatic rings. The van der Waals surface area contributed by atoms with Gasteiger partial charge in [0.05, 0.1) is 11.4 Å². The second kappa shape index (κ2) is 2.61. The SMILES string of the molecule is C=CC1=NN=C(C(C)(C)C)C1. The highest BCUT2D eigenvalue weighted by Gasteiger charge is 2.22. The summed E-state index contributed by atoms with van der Waals surface area (Å²) in [5.41, 5.74) is 2.27. The van der Waals surface area contributed by atoms with Crippen LogP contribution in [-0.4, -0.2) is 11.4 Å². The third-order valence-corrected chi connectivity index (χ3v) is 1.75. The van der Waals surface area contributed by atoms with Crippen LogP contribution in [0.15, 0.2) is 22.9 Å². The predicted molar refractivity (Wildman–Crippen MR) is 49.1 cm³/mol. The Kier molecular flexibility index (Phi) is 1.94. The number of rotatable bonds is 1. The fourth-order valence-corrected chi connectivity index (χ4v) is 0.895. The van der Waals surface area contributed by atoms with Crippen molar-refractivity contribution in [2.75, 3.05) is 0 Å². The van der Waals surface area contributed by atoms with Crippen LogP contribution in [0.5, 0.6) is 0 Å². The van der Waals surface area contributed by atoms with Gasteiger partial charge in [0.2, 0.25) is 0 Å². The van der Waals surface area contributed by atoms with Crippen LogP contribution in [0.25, 0.3) is 0 Å². The monoisotopic (exact) mass is 150 g/mol. The van der Waals surface area contributed by atoms with Crippen LogP contribution in [0.1, 0.15) is 27.2 Å². The van der Waals surface area contributed by atoms with Gasteiger partial charge in [-0.05, 0) is 6.08 Å². The maximum absolute atomic E-state index is 4.09. The Bertz CT molecular complexity index is 228. The van der Waals surface area contributed by atoms with Crippen LogP contribution >= 0.6 is 0 Å². The summed E-state index contributed by atoms with van der Waals surface area (Å²) in [6.07, 6.45) is 2.63. The largest absolute Gasteiger partial charge is 0.159 e. The lowest BCUT2D eigenvalue weighted by molar-refractivity contribution is 0.585. The number of hydrogen-bond acceptors (Lipinski definition) is 2. The van der Waals surface area contributed by atoms with Crippen molar-refractivity contribution in [1.82, 2.24) is 0 Å². The van der Waals surface area contributed by atoms with Crippen molar-refractivity contribution in [3.05, 3.63) is 12.7 Å². The smallest absolute Gasteiger partial charge is 0.0681 e. The molecular formula is C9H14N2. The summed E-state index contributed by atoms with van der Waals surface area (Å²) in [6, 6.07) is 0. The predicted octanol–water partition coefficient (Wildman–Crippen LogP) is 2.42. The third-order valence-electron chi connectivity index (χ3n) is 1.75. The molecule has 0 radical (unpaired) electrons. The van der Waals surface area contributed by atoms with Gasteiger partial charge in [0.1, 0.15) is 0 Å². The van der Waals surface area contributed by atoms with E-state index in [1.807, 2.05) is 0 Å². The zero-order valence-electron chi connectivity index (χ0n) is 7.39. The van der Waals surface area contributed by atoms with E-state index in [4.69, 9.17) is 0 Å². The van der Waals surface area contributed by atoms with Crippen LogP contribution in [0.2, 0.25) is 0 Å². The molecule has 0 spiro atoms. The molecule has 0 amide bonds. The van der Waals surface area contributed by atoms with Gasteiger partial charge >= 0.3 is 0 Å². The van der Waals surface area contributed by atoms with Gasteiger partial charge in [-0.3, -0.25) is 0 Å². The van der Waals surface area contributed by atoms with E-state index < -0.39 is 0 Å². The molecule has 0 N–H and O–H groups in total. The Morgan fingerprint density at radius 3 is 2.27 bits per heavy atom. The van der Waals surface area contributed by atoms with Crippen molar-refractivity contribution in [2.24, 2.45) is 15.6 Å². The molecule has 0 saturated heterocycles. The molecule has 60 valence electrons. The fraction of sp³-hybridized carbons (Fsp3) is 0.556. The van der Waals surface area contributed by atoms with Gasteiger partial charge in [-0.25, -0.2) is 0 Å². The van der Waals surface area contributed by atoms with Gasteiger partial charge in [-0.2, -0.15) is 10.2 Å². The lowest BCUT2D eigenvalue weighted by Crippen LogP contribution is -2.19. The maximum Gasteiger partial charge on any atom is 0.0681 e. The summed E-state index contributed by atoms with van der Waals surface area (Å²) in [5, 5.41) is 8.08. The number of nitrogens with zero attached hydrogens (tertiary/aromatic N) is 2. The average Bonchev–Trinajstić information content (AvgIpc) is 2.32. The number of allylic oxidation sites excluding steroid dienone is 1. The molecule has 1 aliphatic rings. The van der Waals surface area contributed by atoms with Crippen molar-refractivity contribution in [1.29, 1.82) is 0 Å². The van der Waals surface area contributed by atoms with Gasteiger partial charge in [0, 0.05) is 11.8 Å². The Morgan fingerprint density at radius 1 is 1.36 bits per heavy atom. The molecule has 0 atom stereocenters. The quantitative estimate of drug-likeness (QED) is 0.548. The summed E-state index contributed by atoms with van der Waals surface area (Å²) in [4.78, 5) is 0. The highest BCUT2D eigenvalue weighted by atomic mass is 15.2. The molecule has 0 unspecified atom stereocenters. The molecule has 11 heavy (non-hydrogen) atoms. The van der Waals surface area contributed by atoms with Gasteiger partial charge in [0.15, 0.2) is 0 Å². The van der Waals surface area contributed by atoms with Crippen LogP contribution in [0.3, 0.4) is 0 Å². The molecule has 1 aliphatic heterocycles. The molecule has 0 aromatic carbocycles. The zero-order chi connectivity index (χ0) is 8.48. The Balaban J connectivity index is 2.67. The molecule has 0 fully saturated rings. The molecule has 0 aliphatic carbocycles. The van der Waals surface area contributed by atoms with Crippen molar-refractivity contribution in [2.45, 2.75) is 27.2 Å². The van der Waals surface area contributed by atoms with Crippen LogP contribution < -0.4 is 0 Å². The Morgan fingerprint density at radius 2 is 2.00 bits per heavy atom. The summed E-state index contributed by atoms with van der Waals surface area (Å²) in [7, 11) is 0. The summed E-state index contributed by atoms with van der Waals surface area (Å²) < 4.78 is 0. The Hall–Kier alpha value is -0.920. The van der Waals surface area contributed by atoms with E-state index in [1.165, 1.54) is 0 Å². The standard InChI is InChI=1S/C9H14N2/c1-5-7-6-8(11-10-7)9(2,3)4/h5H,1,6H2,2-4H3. The fourth-order valence-electron chi connectivity index (χ4n) is 0.895. The van der Waals surface area contributed by atoms with E-state index in [9.17, 15) is 0 Å². The van der Waals surface area contributed by atoms with Gasteiger partial charge in [-0.1, -0.05) is 27.4 Å². The van der Waals surface area contributed by atoms with Crippen molar-refractivity contribution < 1.29 is 0 Å². The van der Waals surface area contributed by atoms with Crippen molar-refractivity contribution in [3.8, 4) is 0 Å². The van der Waals surface area contributed by atoms with E-state index in [2.05, 4.69) is 37.6 Å². The minimum Gasteiger partial charge on any atom is -0.159 e. The van der Waals surface area contributed by atoms with Crippen molar-refractivity contribution in [3.63, 3.8) is 0 Å². The molecule has 0 saturated carbocycles. The lowest BCUT2D eigenvalue weighted by atomic mass is 9.87. The van der Waals surface area contributed by atoms with Gasteiger partial charge < -0.3 is 0 Å². The molecule has 0 bridgehead atoms. The number of hydrogen-bond donors (Lipinski definition) is 0. The molecule has 2 nitrogen and oxygen atoms in total. The van der Waals surface area contributed by atoms with E-state index in [-0.39, 0.29) is 5.41 Å². The zero-order valence-corrected chi connectivity index (χ0v) is 7.39. The second-order valence-corrected chi connectivity index (χ2v) is 3.77. The maximum atomic E-state index is 4.09. The van der Waals surface area contributed by atoms with Crippen molar-refractivity contribution >= 4 is 11.4 Å². The minimum absolute atomic E-state index is 0.147. The third kappa shape index (κ3) is 1.76.